The van der Waals surface area contributed by atoms with E-state index in [-0.39, 0.29) is 5.88 Å². The fourth-order valence-corrected chi connectivity index (χ4v) is 2.95. The Kier molecular flexibility index (Phi) is 4.04. The first-order valence-corrected chi connectivity index (χ1v) is 7.51. The van der Waals surface area contributed by atoms with E-state index in [4.69, 9.17) is 19.9 Å². The van der Waals surface area contributed by atoms with Gasteiger partial charge in [0.2, 0.25) is 11.8 Å². The second-order valence-electron chi connectivity index (χ2n) is 5.31. The summed E-state index contributed by atoms with van der Waals surface area (Å²) < 4.78 is 16.3. The summed E-state index contributed by atoms with van der Waals surface area (Å²) in [5.74, 6) is 1.30. The third kappa shape index (κ3) is 2.33. The number of nitrogens with one attached hydrogen (secondary N) is 1. The Hall–Kier alpha value is -3.14. The molecule has 124 valence electrons. The molecule has 0 unspecified atom stereocenters. The summed E-state index contributed by atoms with van der Waals surface area (Å²) in [6.07, 6.45) is 0.715. The Labute approximate surface area is 139 Å². The minimum atomic E-state index is -0.433. The van der Waals surface area contributed by atoms with E-state index in [2.05, 4.69) is 16.3 Å². The summed E-state index contributed by atoms with van der Waals surface area (Å²) in [6, 6.07) is 7.62. The maximum Gasteiger partial charge on any atom is 0.244 e. The van der Waals surface area contributed by atoms with Gasteiger partial charge in [-0.05, 0) is 24.6 Å². The van der Waals surface area contributed by atoms with Gasteiger partial charge in [0.25, 0.3) is 0 Å². The molecular weight excluding hydrogens is 308 g/mol. The van der Waals surface area contributed by atoms with Crippen molar-refractivity contribution in [2.75, 3.05) is 14.2 Å². The molecule has 7 heteroatoms. The molecule has 2 aromatic rings. The molecule has 0 bridgehead atoms. The van der Waals surface area contributed by atoms with Crippen LogP contribution in [-0.4, -0.2) is 24.4 Å². The van der Waals surface area contributed by atoms with Gasteiger partial charge in [-0.15, -0.1) is 5.10 Å². The van der Waals surface area contributed by atoms with Crippen molar-refractivity contribution >= 4 is 0 Å². The number of aryl methyl sites for hydroxylation is 1. The second-order valence-corrected chi connectivity index (χ2v) is 5.31. The summed E-state index contributed by atoms with van der Waals surface area (Å²) in [4.78, 5) is 0. The van der Waals surface area contributed by atoms with E-state index >= 15 is 0 Å². The van der Waals surface area contributed by atoms with E-state index < -0.39 is 5.92 Å². The van der Waals surface area contributed by atoms with Crippen molar-refractivity contribution in [2.45, 2.75) is 19.3 Å². The van der Waals surface area contributed by atoms with Gasteiger partial charge < -0.3 is 19.9 Å². The number of methoxy groups -OCH3 is 2. The van der Waals surface area contributed by atoms with Crippen LogP contribution in [-0.2, 0) is 6.42 Å². The van der Waals surface area contributed by atoms with Gasteiger partial charge in [0, 0.05) is 11.3 Å². The van der Waals surface area contributed by atoms with Gasteiger partial charge in [-0.25, -0.2) is 0 Å². The third-order valence-corrected chi connectivity index (χ3v) is 4.12. The van der Waals surface area contributed by atoms with Crippen LogP contribution in [0.3, 0.4) is 0 Å². The van der Waals surface area contributed by atoms with Gasteiger partial charge in [0.15, 0.2) is 0 Å². The van der Waals surface area contributed by atoms with Crippen LogP contribution >= 0.6 is 0 Å². The summed E-state index contributed by atoms with van der Waals surface area (Å²) >= 11 is 0. The van der Waals surface area contributed by atoms with Gasteiger partial charge in [-0.1, -0.05) is 6.92 Å². The van der Waals surface area contributed by atoms with Crippen molar-refractivity contribution in [1.29, 1.82) is 5.26 Å². The molecule has 0 spiro atoms. The monoisotopic (exact) mass is 326 g/mol. The van der Waals surface area contributed by atoms with Crippen molar-refractivity contribution in [3.8, 4) is 23.4 Å². The zero-order valence-electron chi connectivity index (χ0n) is 13.7. The van der Waals surface area contributed by atoms with Gasteiger partial charge in [-0.2, -0.15) is 5.26 Å². The zero-order valence-corrected chi connectivity index (χ0v) is 13.7. The van der Waals surface area contributed by atoms with Crippen LogP contribution in [0, 0.1) is 11.3 Å². The first kappa shape index (κ1) is 15.7. The van der Waals surface area contributed by atoms with E-state index in [1.807, 2.05) is 13.0 Å². The number of nitrogens with zero attached hydrogens (tertiary/aromatic N) is 2. The highest BCUT2D eigenvalue weighted by Crippen LogP contribution is 2.46. The van der Waals surface area contributed by atoms with E-state index in [1.165, 1.54) is 0 Å². The quantitative estimate of drug-likeness (QED) is 0.892. The molecule has 0 saturated carbocycles. The lowest BCUT2D eigenvalue weighted by atomic mass is 9.83. The van der Waals surface area contributed by atoms with Gasteiger partial charge >= 0.3 is 0 Å². The van der Waals surface area contributed by atoms with Crippen LogP contribution < -0.4 is 19.9 Å². The van der Waals surface area contributed by atoms with E-state index in [1.54, 1.807) is 26.4 Å². The highest BCUT2D eigenvalue weighted by atomic mass is 16.5. The van der Waals surface area contributed by atoms with E-state index in [0.717, 1.165) is 16.8 Å². The normalized spacial score (nSPS) is 16.2. The summed E-state index contributed by atoms with van der Waals surface area (Å²) in [5.41, 5.74) is 8.74. The Morgan fingerprint density at radius 2 is 2.17 bits per heavy atom. The summed E-state index contributed by atoms with van der Waals surface area (Å²) in [5, 5.41) is 16.8. The summed E-state index contributed by atoms with van der Waals surface area (Å²) in [7, 11) is 3.17. The lowest BCUT2D eigenvalue weighted by molar-refractivity contribution is 0.373. The fraction of sp³-hybridized carbons (Fsp3) is 0.294. The number of nitrogens with two attached hydrogens (primary N) is 1. The molecule has 0 saturated heterocycles. The number of aromatic amines is 1. The first-order chi connectivity index (χ1) is 11.6. The van der Waals surface area contributed by atoms with Crippen LogP contribution in [0.15, 0.2) is 29.7 Å². The van der Waals surface area contributed by atoms with Gasteiger partial charge in [-0.3, -0.25) is 5.10 Å². The number of hydrogen-bond acceptors (Lipinski definition) is 6. The molecule has 0 aliphatic carbocycles. The largest absolute Gasteiger partial charge is 0.497 e. The topological polar surface area (TPSA) is 106 Å². The van der Waals surface area contributed by atoms with Crippen molar-refractivity contribution < 1.29 is 14.2 Å². The Balaban J connectivity index is 2.29. The maximum atomic E-state index is 9.64. The SMILES string of the molecule is CCc1[nH]nc2c1[C@H](c1cc(OC)ccc1OC)C(C#N)=C(N)O2. The Bertz CT molecular complexity index is 848. The smallest absolute Gasteiger partial charge is 0.244 e. The predicted molar refractivity (Wildman–Crippen MR) is 86.8 cm³/mol. The van der Waals surface area contributed by atoms with Crippen molar-refractivity contribution in [3.05, 3.63) is 46.5 Å². The number of benzene rings is 1. The highest BCUT2D eigenvalue weighted by Gasteiger charge is 2.36. The number of nitriles is 1. The van der Waals surface area contributed by atoms with Crippen molar-refractivity contribution in [2.24, 2.45) is 5.73 Å². The lowest BCUT2D eigenvalue weighted by Crippen LogP contribution is -2.21. The van der Waals surface area contributed by atoms with Crippen LogP contribution in [0.5, 0.6) is 17.4 Å². The highest BCUT2D eigenvalue weighted by molar-refractivity contribution is 5.59. The standard InChI is InChI=1S/C17H18N4O3/c1-4-12-15-14(10-7-9(22-2)5-6-13(10)23-3)11(8-18)16(19)24-17(15)21-20-12/h5-7,14H,4,19H2,1-3H3,(H,20,21)/t14-/m1/s1. The Morgan fingerprint density at radius 3 is 2.79 bits per heavy atom. The zero-order chi connectivity index (χ0) is 17.3. The van der Waals surface area contributed by atoms with E-state index in [0.29, 0.717) is 29.4 Å². The number of rotatable bonds is 4. The van der Waals surface area contributed by atoms with Crippen LogP contribution in [0.1, 0.15) is 29.7 Å². The average molecular weight is 326 g/mol. The molecule has 0 radical (unpaired) electrons. The molecule has 1 aromatic heterocycles. The minimum Gasteiger partial charge on any atom is -0.497 e. The molecule has 0 fully saturated rings. The molecule has 3 N–H and O–H groups in total. The van der Waals surface area contributed by atoms with Crippen LogP contribution in [0.25, 0.3) is 0 Å². The molecule has 7 nitrogen and oxygen atoms in total. The molecule has 1 aliphatic heterocycles. The molecule has 2 heterocycles. The minimum absolute atomic E-state index is 0.0500. The molecular formula is C17H18N4O3. The predicted octanol–water partition coefficient (Wildman–Crippen LogP) is 2.21. The van der Waals surface area contributed by atoms with Crippen LogP contribution in [0.2, 0.25) is 0 Å². The van der Waals surface area contributed by atoms with Gasteiger partial charge in [0.1, 0.15) is 23.1 Å². The second kappa shape index (κ2) is 6.16. The Morgan fingerprint density at radius 1 is 1.38 bits per heavy atom. The molecule has 1 aromatic carbocycles. The number of ether oxygens (including phenoxy) is 3. The number of aromatic nitrogens is 2. The van der Waals surface area contributed by atoms with E-state index in [9.17, 15) is 5.26 Å². The number of hydrogen-bond donors (Lipinski definition) is 2. The van der Waals surface area contributed by atoms with Gasteiger partial charge in [0.05, 0.1) is 25.7 Å². The average Bonchev–Trinajstić information content (AvgIpc) is 3.02. The number of H-pyrrole nitrogens is 1. The summed E-state index contributed by atoms with van der Waals surface area (Å²) in [6.45, 7) is 2.00. The molecule has 24 heavy (non-hydrogen) atoms. The lowest BCUT2D eigenvalue weighted by Gasteiger charge is -2.25. The first-order valence-electron chi connectivity index (χ1n) is 7.51. The molecule has 1 atom stereocenters. The van der Waals surface area contributed by atoms with Crippen molar-refractivity contribution in [3.63, 3.8) is 0 Å². The fourth-order valence-electron chi connectivity index (χ4n) is 2.95. The van der Waals surface area contributed by atoms with Crippen LogP contribution in [0.4, 0.5) is 0 Å². The molecule has 1 aliphatic rings. The molecule has 3 rings (SSSR count). The third-order valence-electron chi connectivity index (χ3n) is 4.12. The molecule has 0 amide bonds. The number of allylic oxidation sites excluding steroid dienone is 1. The maximum absolute atomic E-state index is 9.64. The van der Waals surface area contributed by atoms with Crippen molar-refractivity contribution in [1.82, 2.24) is 10.2 Å². The number of fused-ring (bicyclic) bond motifs is 1.